The number of thiazole rings is 1. The third-order valence-corrected chi connectivity index (χ3v) is 5.24. The van der Waals surface area contributed by atoms with Gasteiger partial charge in [0.15, 0.2) is 5.69 Å². The predicted octanol–water partition coefficient (Wildman–Crippen LogP) is 2.75. The first-order valence-corrected chi connectivity index (χ1v) is 9.31. The summed E-state index contributed by atoms with van der Waals surface area (Å²) in [6, 6.07) is 3.72. The number of nitrogens with two attached hydrogens (primary N) is 1. The largest absolute Gasteiger partial charge is 0.389 e. The van der Waals surface area contributed by atoms with Crippen molar-refractivity contribution < 1.29 is 4.79 Å². The van der Waals surface area contributed by atoms with Crippen molar-refractivity contribution in [1.82, 2.24) is 20.2 Å². The Morgan fingerprint density at radius 1 is 1.27 bits per heavy atom. The molecular weight excluding hydrogens is 350 g/mol. The smallest absolute Gasteiger partial charge is 0.277 e. The van der Waals surface area contributed by atoms with Gasteiger partial charge < -0.3 is 16.0 Å². The van der Waals surface area contributed by atoms with Gasteiger partial charge in [0, 0.05) is 25.5 Å². The summed E-state index contributed by atoms with van der Waals surface area (Å²) >= 11 is 1.24. The van der Waals surface area contributed by atoms with Crippen LogP contribution in [-0.4, -0.2) is 39.2 Å². The number of carbonyl (C=O) groups is 1. The van der Waals surface area contributed by atoms with Crippen molar-refractivity contribution in [3.8, 4) is 10.7 Å². The molecule has 134 valence electrons. The van der Waals surface area contributed by atoms with Crippen molar-refractivity contribution in [2.75, 3.05) is 29.0 Å². The highest BCUT2D eigenvalue weighted by Crippen LogP contribution is 2.31. The van der Waals surface area contributed by atoms with Gasteiger partial charge in [-0.2, -0.15) is 5.10 Å². The number of nitrogens with one attached hydrogen (secondary N) is 2. The Morgan fingerprint density at radius 2 is 2.12 bits per heavy atom. The van der Waals surface area contributed by atoms with E-state index in [0.717, 1.165) is 31.6 Å². The van der Waals surface area contributed by atoms with Gasteiger partial charge in [-0.15, -0.1) is 0 Å². The standard InChI is InChI=1S/C17H19N7OS/c18-15-14(22-17(26-15)11-4-7-20-23-11)16(25)21-12-10-19-6-5-13(12)24-8-2-1-3-9-24/h4-7,10H,1-3,8-9,18H2,(H,20,23)(H,21,25). The van der Waals surface area contributed by atoms with Crippen LogP contribution >= 0.6 is 11.3 Å². The van der Waals surface area contributed by atoms with Gasteiger partial charge in [0.05, 0.1) is 17.6 Å². The fraction of sp³-hybridized carbons (Fsp3) is 0.294. The first-order valence-electron chi connectivity index (χ1n) is 8.49. The van der Waals surface area contributed by atoms with Crippen molar-refractivity contribution in [2.24, 2.45) is 0 Å². The summed E-state index contributed by atoms with van der Waals surface area (Å²) in [4.78, 5) is 23.5. The lowest BCUT2D eigenvalue weighted by Crippen LogP contribution is -2.30. The van der Waals surface area contributed by atoms with Crippen LogP contribution in [0.25, 0.3) is 10.7 Å². The number of hydrogen-bond donors (Lipinski definition) is 3. The number of aromatic nitrogens is 4. The molecule has 0 aliphatic carbocycles. The third kappa shape index (κ3) is 3.25. The first-order chi connectivity index (χ1) is 12.7. The molecule has 1 saturated heterocycles. The Bertz CT molecular complexity index is 900. The number of carbonyl (C=O) groups excluding carboxylic acids is 1. The number of amides is 1. The fourth-order valence-electron chi connectivity index (χ4n) is 3.06. The Balaban J connectivity index is 1.57. The SMILES string of the molecule is Nc1sc(-c2cc[nH]n2)nc1C(=O)Nc1cnccc1N1CCCCC1. The average Bonchev–Trinajstić information content (AvgIpc) is 3.32. The molecule has 1 aliphatic rings. The van der Waals surface area contributed by atoms with Crippen LogP contribution in [-0.2, 0) is 0 Å². The highest BCUT2D eigenvalue weighted by molar-refractivity contribution is 7.19. The number of piperidine rings is 1. The number of nitrogen functional groups attached to an aromatic ring is 1. The van der Waals surface area contributed by atoms with Crippen LogP contribution in [0.5, 0.6) is 0 Å². The topological polar surface area (TPSA) is 113 Å². The van der Waals surface area contributed by atoms with Gasteiger partial charge in [-0.05, 0) is 31.4 Å². The molecule has 1 fully saturated rings. The van der Waals surface area contributed by atoms with Crippen molar-refractivity contribution in [2.45, 2.75) is 19.3 Å². The zero-order chi connectivity index (χ0) is 17.9. The minimum Gasteiger partial charge on any atom is -0.389 e. The second-order valence-corrected chi connectivity index (χ2v) is 7.12. The van der Waals surface area contributed by atoms with Crippen LogP contribution in [0.15, 0.2) is 30.7 Å². The van der Waals surface area contributed by atoms with Crippen LogP contribution < -0.4 is 16.0 Å². The molecule has 0 spiro atoms. The zero-order valence-corrected chi connectivity index (χ0v) is 14.9. The van der Waals surface area contributed by atoms with Crippen LogP contribution in [0.2, 0.25) is 0 Å². The molecule has 0 unspecified atom stereocenters. The van der Waals surface area contributed by atoms with Gasteiger partial charge in [0.25, 0.3) is 5.91 Å². The summed E-state index contributed by atoms with van der Waals surface area (Å²) in [5.74, 6) is -0.341. The van der Waals surface area contributed by atoms with Crippen LogP contribution in [0.1, 0.15) is 29.8 Å². The van der Waals surface area contributed by atoms with E-state index in [-0.39, 0.29) is 11.6 Å². The Hall–Kier alpha value is -2.94. The fourth-order valence-corrected chi connectivity index (χ4v) is 3.86. The van der Waals surface area contributed by atoms with Crippen molar-refractivity contribution in [3.63, 3.8) is 0 Å². The monoisotopic (exact) mass is 369 g/mol. The molecule has 3 aromatic heterocycles. The molecule has 3 aromatic rings. The molecule has 8 nitrogen and oxygen atoms in total. The molecule has 1 amide bonds. The van der Waals surface area contributed by atoms with Gasteiger partial charge in [0.1, 0.15) is 15.7 Å². The summed E-state index contributed by atoms with van der Waals surface area (Å²) in [6.45, 7) is 1.96. The van der Waals surface area contributed by atoms with E-state index in [4.69, 9.17) is 5.73 Å². The van der Waals surface area contributed by atoms with E-state index < -0.39 is 0 Å². The normalized spacial score (nSPS) is 14.4. The molecule has 9 heteroatoms. The summed E-state index contributed by atoms with van der Waals surface area (Å²) in [5.41, 5.74) is 8.54. The zero-order valence-electron chi connectivity index (χ0n) is 14.1. The molecule has 0 aromatic carbocycles. The lowest BCUT2D eigenvalue weighted by atomic mass is 10.1. The van der Waals surface area contributed by atoms with Crippen molar-refractivity contribution in [3.05, 3.63) is 36.4 Å². The van der Waals surface area contributed by atoms with Crippen molar-refractivity contribution in [1.29, 1.82) is 0 Å². The molecule has 4 N–H and O–H groups in total. The molecule has 0 bridgehead atoms. The van der Waals surface area contributed by atoms with E-state index in [0.29, 0.717) is 21.4 Å². The quantitative estimate of drug-likeness (QED) is 0.652. The minimum absolute atomic E-state index is 0.210. The summed E-state index contributed by atoms with van der Waals surface area (Å²) in [5, 5.41) is 10.7. The highest BCUT2D eigenvalue weighted by Gasteiger charge is 2.21. The molecule has 0 atom stereocenters. The maximum atomic E-state index is 12.7. The number of anilines is 3. The molecule has 4 heterocycles. The van der Waals surface area contributed by atoms with Gasteiger partial charge in [-0.3, -0.25) is 14.9 Å². The van der Waals surface area contributed by atoms with Crippen LogP contribution in [0.3, 0.4) is 0 Å². The summed E-state index contributed by atoms with van der Waals surface area (Å²) < 4.78 is 0. The molecule has 4 rings (SSSR count). The molecule has 26 heavy (non-hydrogen) atoms. The second-order valence-electron chi connectivity index (χ2n) is 6.09. The van der Waals surface area contributed by atoms with Crippen LogP contribution in [0, 0.1) is 0 Å². The first kappa shape index (κ1) is 16.5. The molecule has 0 saturated carbocycles. The molecule has 0 radical (unpaired) electrons. The Labute approximate surface area is 154 Å². The second kappa shape index (κ2) is 7.12. The average molecular weight is 369 g/mol. The van der Waals surface area contributed by atoms with E-state index >= 15 is 0 Å². The number of hydrogen-bond acceptors (Lipinski definition) is 7. The Kier molecular flexibility index (Phi) is 4.53. The highest BCUT2D eigenvalue weighted by atomic mass is 32.1. The van der Waals surface area contributed by atoms with E-state index in [1.807, 2.05) is 6.07 Å². The number of nitrogens with zero attached hydrogens (tertiary/aromatic N) is 4. The number of H-pyrrole nitrogens is 1. The van der Waals surface area contributed by atoms with Gasteiger partial charge in [-0.1, -0.05) is 11.3 Å². The summed E-state index contributed by atoms with van der Waals surface area (Å²) in [6.07, 6.45) is 8.66. The van der Waals surface area contributed by atoms with Gasteiger partial charge in [0.2, 0.25) is 0 Å². The number of rotatable bonds is 4. The Morgan fingerprint density at radius 3 is 2.88 bits per heavy atom. The van der Waals surface area contributed by atoms with Gasteiger partial charge in [-0.25, -0.2) is 4.98 Å². The van der Waals surface area contributed by atoms with E-state index in [2.05, 4.69) is 30.4 Å². The van der Waals surface area contributed by atoms with E-state index in [9.17, 15) is 4.79 Å². The molecule has 1 aliphatic heterocycles. The number of pyridine rings is 1. The molecular formula is C17H19N7OS. The third-order valence-electron chi connectivity index (χ3n) is 4.33. The minimum atomic E-state index is -0.341. The predicted molar refractivity (Wildman–Crippen MR) is 102 cm³/mol. The lowest BCUT2D eigenvalue weighted by molar-refractivity contribution is 0.102. The van der Waals surface area contributed by atoms with Gasteiger partial charge >= 0.3 is 0 Å². The maximum absolute atomic E-state index is 12.7. The number of aromatic amines is 1. The lowest BCUT2D eigenvalue weighted by Gasteiger charge is -2.30. The van der Waals surface area contributed by atoms with Crippen molar-refractivity contribution >= 4 is 33.6 Å². The van der Waals surface area contributed by atoms with E-state index in [1.54, 1.807) is 24.7 Å². The maximum Gasteiger partial charge on any atom is 0.277 e. The van der Waals surface area contributed by atoms with E-state index in [1.165, 1.54) is 17.8 Å². The van der Waals surface area contributed by atoms with Crippen LogP contribution in [0.4, 0.5) is 16.4 Å². The summed E-state index contributed by atoms with van der Waals surface area (Å²) in [7, 11) is 0.